The predicted molar refractivity (Wildman–Crippen MR) is 89.4 cm³/mol. The molecule has 0 heterocycles. The van der Waals surface area contributed by atoms with Crippen LogP contribution >= 0.6 is 34.8 Å². The summed E-state index contributed by atoms with van der Waals surface area (Å²) >= 11 is 18.3. The van der Waals surface area contributed by atoms with E-state index in [0.717, 1.165) is 11.1 Å². The first-order chi connectivity index (χ1) is 9.93. The number of halogens is 3. The zero-order valence-electron chi connectivity index (χ0n) is 11.5. The van der Waals surface area contributed by atoms with Crippen LogP contribution in [0.15, 0.2) is 36.4 Å². The number of rotatable bonds is 4. The second kappa shape index (κ2) is 6.99. The molecule has 0 fully saturated rings. The number of aryl methyl sites for hydroxylation is 1. The first kappa shape index (κ1) is 16.6. The Hall–Kier alpha value is -0.770. The molecule has 0 aromatic heterocycles. The highest BCUT2D eigenvalue weighted by Crippen LogP contribution is 2.37. The fourth-order valence-corrected chi connectivity index (χ4v) is 3.21. The summed E-state index contributed by atoms with van der Waals surface area (Å²) < 4.78 is 0. The highest BCUT2D eigenvalue weighted by atomic mass is 35.5. The van der Waals surface area contributed by atoms with Crippen molar-refractivity contribution in [2.45, 2.75) is 18.9 Å². The van der Waals surface area contributed by atoms with E-state index in [4.69, 9.17) is 40.5 Å². The molecule has 0 aliphatic rings. The van der Waals surface area contributed by atoms with Gasteiger partial charge >= 0.3 is 0 Å². The van der Waals surface area contributed by atoms with Crippen molar-refractivity contribution in [2.75, 3.05) is 6.54 Å². The maximum Gasteiger partial charge on any atom is 0.0885 e. The van der Waals surface area contributed by atoms with E-state index in [9.17, 15) is 5.11 Å². The summed E-state index contributed by atoms with van der Waals surface area (Å²) in [6.45, 7) is 2.19. The summed E-state index contributed by atoms with van der Waals surface area (Å²) in [4.78, 5) is 0. The summed E-state index contributed by atoms with van der Waals surface area (Å²) in [5.41, 5.74) is 8.27. The quantitative estimate of drug-likeness (QED) is 0.842. The van der Waals surface area contributed by atoms with Crippen molar-refractivity contribution < 1.29 is 5.11 Å². The number of hydrogen-bond acceptors (Lipinski definition) is 2. The zero-order chi connectivity index (χ0) is 15.6. The summed E-state index contributed by atoms with van der Waals surface area (Å²) in [6, 6.07) is 10.7. The Bertz CT molecular complexity index is 645. The number of hydrogen-bond donors (Lipinski definition) is 2. The molecular weight excluding hydrogens is 329 g/mol. The molecule has 2 rings (SSSR count). The topological polar surface area (TPSA) is 46.2 Å². The maximum absolute atomic E-state index is 10.6. The minimum absolute atomic E-state index is 0.243. The standard InChI is InChI=1S/C16H16Cl3NO/c1-9-2-4-12(14(18)6-9)16(21)13(8-20)11-5-3-10(17)7-15(11)19/h2-7,13,16,21H,8,20H2,1H3. The molecule has 21 heavy (non-hydrogen) atoms. The van der Waals surface area contributed by atoms with E-state index in [1.165, 1.54) is 0 Å². The summed E-state index contributed by atoms with van der Waals surface area (Å²) in [6.07, 6.45) is -0.832. The highest BCUT2D eigenvalue weighted by Gasteiger charge is 2.25. The van der Waals surface area contributed by atoms with E-state index in [0.29, 0.717) is 20.6 Å². The lowest BCUT2D eigenvalue weighted by Crippen LogP contribution is -2.20. The van der Waals surface area contributed by atoms with Crippen molar-refractivity contribution in [3.63, 3.8) is 0 Å². The summed E-state index contributed by atoms with van der Waals surface area (Å²) in [7, 11) is 0. The minimum Gasteiger partial charge on any atom is -0.388 e. The minimum atomic E-state index is -0.832. The molecule has 112 valence electrons. The first-order valence-electron chi connectivity index (χ1n) is 6.53. The van der Waals surface area contributed by atoms with Gasteiger partial charge in [0.25, 0.3) is 0 Å². The van der Waals surface area contributed by atoms with Crippen LogP contribution in [0.3, 0.4) is 0 Å². The molecule has 0 saturated carbocycles. The van der Waals surface area contributed by atoms with Crippen molar-refractivity contribution in [1.82, 2.24) is 0 Å². The molecular formula is C16H16Cl3NO. The molecule has 2 nitrogen and oxygen atoms in total. The predicted octanol–water partition coefficient (Wildman–Crippen LogP) is 4.73. The van der Waals surface area contributed by atoms with Crippen LogP contribution in [0.1, 0.15) is 28.7 Å². The SMILES string of the molecule is Cc1ccc(C(O)C(CN)c2ccc(Cl)cc2Cl)c(Cl)c1. The maximum atomic E-state index is 10.6. The Labute approximate surface area is 139 Å². The number of aliphatic hydroxyl groups is 1. The van der Waals surface area contributed by atoms with Gasteiger partial charge in [0.15, 0.2) is 0 Å². The van der Waals surface area contributed by atoms with Crippen LogP contribution in [0, 0.1) is 6.92 Å². The van der Waals surface area contributed by atoms with Crippen molar-refractivity contribution >= 4 is 34.8 Å². The monoisotopic (exact) mass is 343 g/mol. The molecule has 0 aliphatic heterocycles. The summed E-state index contributed by atoms with van der Waals surface area (Å²) in [5.74, 6) is -0.352. The van der Waals surface area contributed by atoms with Crippen molar-refractivity contribution in [2.24, 2.45) is 5.73 Å². The molecule has 2 atom stereocenters. The number of benzene rings is 2. The fourth-order valence-electron chi connectivity index (χ4n) is 2.32. The molecule has 0 radical (unpaired) electrons. The second-order valence-electron chi connectivity index (χ2n) is 4.98. The van der Waals surface area contributed by atoms with Gasteiger partial charge in [-0.1, -0.05) is 53.0 Å². The van der Waals surface area contributed by atoms with Crippen molar-refractivity contribution in [3.05, 3.63) is 68.2 Å². The van der Waals surface area contributed by atoms with Gasteiger partial charge in [-0.15, -0.1) is 0 Å². The van der Waals surface area contributed by atoms with E-state index >= 15 is 0 Å². The molecule has 2 aromatic carbocycles. The number of aliphatic hydroxyl groups excluding tert-OH is 1. The molecule has 0 saturated heterocycles. The zero-order valence-corrected chi connectivity index (χ0v) is 13.8. The van der Waals surface area contributed by atoms with Gasteiger partial charge in [0.2, 0.25) is 0 Å². The molecule has 2 aromatic rings. The Balaban J connectivity index is 2.40. The smallest absolute Gasteiger partial charge is 0.0885 e. The highest BCUT2D eigenvalue weighted by molar-refractivity contribution is 6.35. The summed E-state index contributed by atoms with van der Waals surface area (Å²) in [5, 5.41) is 12.2. The van der Waals surface area contributed by atoms with Crippen LogP contribution < -0.4 is 5.73 Å². The Morgan fingerprint density at radius 1 is 1.00 bits per heavy atom. The lowest BCUT2D eigenvalue weighted by atomic mass is 9.89. The van der Waals surface area contributed by atoms with Gasteiger partial charge < -0.3 is 10.8 Å². The van der Waals surface area contributed by atoms with Crippen molar-refractivity contribution in [3.8, 4) is 0 Å². The Morgan fingerprint density at radius 3 is 2.19 bits per heavy atom. The molecule has 0 amide bonds. The van der Waals surface area contributed by atoms with Gasteiger partial charge in [-0.3, -0.25) is 0 Å². The number of nitrogens with two attached hydrogens (primary N) is 1. The molecule has 2 unspecified atom stereocenters. The second-order valence-corrected chi connectivity index (χ2v) is 6.23. The van der Waals surface area contributed by atoms with Crippen LogP contribution in [0.4, 0.5) is 0 Å². The van der Waals surface area contributed by atoms with Gasteiger partial charge in [0, 0.05) is 27.5 Å². The van der Waals surface area contributed by atoms with E-state index in [-0.39, 0.29) is 12.5 Å². The third-order valence-corrected chi connectivity index (χ3v) is 4.36. The van der Waals surface area contributed by atoms with Gasteiger partial charge in [0.05, 0.1) is 6.10 Å². The molecule has 0 bridgehead atoms. The molecule has 0 aliphatic carbocycles. The molecule has 3 N–H and O–H groups in total. The third kappa shape index (κ3) is 3.71. The van der Waals surface area contributed by atoms with E-state index in [1.54, 1.807) is 18.2 Å². The fraction of sp³-hybridized carbons (Fsp3) is 0.250. The van der Waals surface area contributed by atoms with Crippen LogP contribution in [0.2, 0.25) is 15.1 Å². The van der Waals surface area contributed by atoms with Crippen molar-refractivity contribution in [1.29, 1.82) is 0 Å². The lowest BCUT2D eigenvalue weighted by Gasteiger charge is -2.24. The Morgan fingerprint density at radius 2 is 1.62 bits per heavy atom. The van der Waals surface area contributed by atoms with Gasteiger partial charge in [0.1, 0.15) is 0 Å². The first-order valence-corrected chi connectivity index (χ1v) is 7.66. The van der Waals surface area contributed by atoms with Gasteiger partial charge in [-0.2, -0.15) is 0 Å². The van der Waals surface area contributed by atoms with Crippen LogP contribution in [0.5, 0.6) is 0 Å². The van der Waals surface area contributed by atoms with E-state index in [2.05, 4.69) is 0 Å². The van der Waals surface area contributed by atoms with E-state index < -0.39 is 6.10 Å². The molecule has 5 heteroatoms. The van der Waals surface area contributed by atoms with Crippen LogP contribution in [-0.4, -0.2) is 11.7 Å². The Kier molecular flexibility index (Phi) is 5.53. The molecule has 0 spiro atoms. The van der Waals surface area contributed by atoms with E-state index in [1.807, 2.05) is 25.1 Å². The average molecular weight is 345 g/mol. The van der Waals surface area contributed by atoms with Gasteiger partial charge in [-0.25, -0.2) is 0 Å². The van der Waals surface area contributed by atoms with Crippen LogP contribution in [-0.2, 0) is 0 Å². The average Bonchev–Trinajstić information content (AvgIpc) is 2.41. The van der Waals surface area contributed by atoms with Gasteiger partial charge in [-0.05, 0) is 41.8 Å². The largest absolute Gasteiger partial charge is 0.388 e. The van der Waals surface area contributed by atoms with Crippen LogP contribution in [0.25, 0.3) is 0 Å². The normalized spacial score (nSPS) is 14.0. The third-order valence-electron chi connectivity index (χ3n) is 3.47. The lowest BCUT2D eigenvalue weighted by molar-refractivity contribution is 0.147.